The van der Waals surface area contributed by atoms with Crippen molar-refractivity contribution in [3.05, 3.63) is 18.0 Å². The molecule has 0 unspecified atom stereocenters. The Labute approximate surface area is 58.8 Å². The fraction of sp³-hybridized carbons (Fsp3) is 0.500. The predicted octanol–water partition coefficient (Wildman–Crippen LogP) is -0.244. The summed E-state index contributed by atoms with van der Waals surface area (Å²) in [5, 5.41) is 15.0. The van der Waals surface area contributed by atoms with Crippen molar-refractivity contribution in [1.29, 1.82) is 0 Å². The van der Waals surface area contributed by atoms with E-state index in [-0.39, 0.29) is 6.61 Å². The Kier molecular flexibility index (Phi) is 2.92. The lowest BCUT2D eigenvalue weighted by molar-refractivity contribution is 0.291. The summed E-state index contributed by atoms with van der Waals surface area (Å²) >= 11 is 0. The molecule has 1 aromatic rings. The lowest BCUT2D eigenvalue weighted by Crippen LogP contribution is -2.17. The molecule has 0 bridgehead atoms. The maximum Gasteiger partial charge on any atom is 0.124 e. The van der Waals surface area contributed by atoms with Crippen LogP contribution in [-0.4, -0.2) is 23.4 Å². The van der Waals surface area contributed by atoms with E-state index in [0.29, 0.717) is 13.1 Å². The van der Waals surface area contributed by atoms with Crippen LogP contribution in [0.2, 0.25) is 0 Å². The molecule has 0 saturated heterocycles. The molecule has 0 radical (unpaired) electrons. The van der Waals surface area contributed by atoms with Gasteiger partial charge in [-0.1, -0.05) is 5.16 Å². The van der Waals surface area contributed by atoms with Gasteiger partial charge in [0.1, 0.15) is 6.26 Å². The number of aromatic nitrogens is 1. The zero-order valence-corrected chi connectivity index (χ0v) is 5.58. The van der Waals surface area contributed by atoms with Crippen molar-refractivity contribution in [2.75, 3.05) is 13.2 Å². The summed E-state index contributed by atoms with van der Waals surface area (Å²) in [6.45, 7) is 1.39. The van der Waals surface area contributed by atoms with Gasteiger partial charge in [-0.3, -0.25) is 0 Å². The molecule has 4 nitrogen and oxygen atoms in total. The molecule has 4 heteroatoms. The number of aliphatic hydroxyl groups excluding tert-OH is 1. The van der Waals surface area contributed by atoms with Crippen molar-refractivity contribution >= 4 is 0 Å². The largest absolute Gasteiger partial charge is 0.395 e. The quantitative estimate of drug-likeness (QED) is 0.569. The number of nitrogens with zero attached hydrogens (tertiary/aromatic N) is 1. The first kappa shape index (κ1) is 7.24. The molecular formula is C6H10N2O2. The first-order valence-corrected chi connectivity index (χ1v) is 3.14. The molecule has 0 atom stereocenters. The second-order valence-corrected chi connectivity index (χ2v) is 1.89. The lowest BCUT2D eigenvalue weighted by Gasteiger charge is -1.95. The third kappa shape index (κ3) is 2.16. The Hall–Kier alpha value is -0.870. The fourth-order valence-electron chi connectivity index (χ4n) is 0.624. The van der Waals surface area contributed by atoms with Crippen molar-refractivity contribution in [2.24, 2.45) is 0 Å². The summed E-state index contributed by atoms with van der Waals surface area (Å²) in [6.07, 6.45) is 1.52. The van der Waals surface area contributed by atoms with E-state index in [9.17, 15) is 0 Å². The van der Waals surface area contributed by atoms with Crippen LogP contribution in [0.15, 0.2) is 16.9 Å². The van der Waals surface area contributed by atoms with Gasteiger partial charge in [0.15, 0.2) is 0 Å². The summed E-state index contributed by atoms with van der Waals surface area (Å²) in [4.78, 5) is 0. The topological polar surface area (TPSA) is 58.3 Å². The minimum Gasteiger partial charge on any atom is -0.395 e. The molecule has 2 N–H and O–H groups in total. The van der Waals surface area contributed by atoms with Crippen LogP contribution in [0.1, 0.15) is 5.69 Å². The van der Waals surface area contributed by atoms with E-state index in [4.69, 9.17) is 5.11 Å². The summed E-state index contributed by atoms with van der Waals surface area (Å²) < 4.78 is 4.59. The van der Waals surface area contributed by atoms with E-state index in [0.717, 1.165) is 5.69 Å². The Bertz CT molecular complexity index is 162. The SMILES string of the molecule is OCCNCc1ccon1. The van der Waals surface area contributed by atoms with Crippen LogP contribution in [0.25, 0.3) is 0 Å². The molecule has 1 rings (SSSR count). The maximum absolute atomic E-state index is 8.39. The molecule has 0 aliphatic carbocycles. The van der Waals surface area contributed by atoms with Gasteiger partial charge in [0, 0.05) is 19.2 Å². The molecule has 56 valence electrons. The average Bonchev–Trinajstić information content (AvgIpc) is 2.41. The van der Waals surface area contributed by atoms with E-state index < -0.39 is 0 Å². The summed E-state index contributed by atoms with van der Waals surface area (Å²) in [5.41, 5.74) is 0.855. The van der Waals surface area contributed by atoms with Gasteiger partial charge in [-0.25, -0.2) is 0 Å². The van der Waals surface area contributed by atoms with E-state index >= 15 is 0 Å². The predicted molar refractivity (Wildman–Crippen MR) is 35.3 cm³/mol. The fourth-order valence-corrected chi connectivity index (χ4v) is 0.624. The van der Waals surface area contributed by atoms with Gasteiger partial charge >= 0.3 is 0 Å². The minimum atomic E-state index is 0.151. The molecule has 1 heterocycles. The van der Waals surface area contributed by atoms with Crippen LogP contribution >= 0.6 is 0 Å². The molecular weight excluding hydrogens is 132 g/mol. The van der Waals surface area contributed by atoms with Gasteiger partial charge in [-0.05, 0) is 0 Å². The highest BCUT2D eigenvalue weighted by atomic mass is 16.5. The average molecular weight is 142 g/mol. The van der Waals surface area contributed by atoms with Crippen LogP contribution < -0.4 is 5.32 Å². The molecule has 0 aromatic carbocycles. The van der Waals surface area contributed by atoms with Crippen molar-refractivity contribution in [2.45, 2.75) is 6.54 Å². The molecule has 0 aliphatic heterocycles. The Morgan fingerprint density at radius 2 is 2.60 bits per heavy atom. The number of hydrogen-bond donors (Lipinski definition) is 2. The standard InChI is InChI=1S/C6H10N2O2/c9-3-2-7-5-6-1-4-10-8-6/h1,4,7,9H,2-3,5H2. The lowest BCUT2D eigenvalue weighted by atomic mass is 10.4. The number of nitrogens with one attached hydrogen (secondary N) is 1. The summed E-state index contributed by atoms with van der Waals surface area (Å²) in [5.74, 6) is 0. The van der Waals surface area contributed by atoms with Crippen LogP contribution in [-0.2, 0) is 6.54 Å². The second kappa shape index (κ2) is 4.03. The van der Waals surface area contributed by atoms with Gasteiger partial charge in [0.05, 0.1) is 12.3 Å². The number of aliphatic hydroxyl groups is 1. The molecule has 1 aromatic heterocycles. The van der Waals surface area contributed by atoms with Gasteiger partial charge in [-0.2, -0.15) is 0 Å². The smallest absolute Gasteiger partial charge is 0.124 e. The van der Waals surface area contributed by atoms with Crippen LogP contribution in [0, 0.1) is 0 Å². The Morgan fingerprint density at radius 1 is 1.70 bits per heavy atom. The summed E-state index contributed by atoms with van der Waals surface area (Å²) in [6, 6.07) is 1.78. The normalized spacial score (nSPS) is 10.1. The van der Waals surface area contributed by atoms with Crippen LogP contribution in [0.5, 0.6) is 0 Å². The molecule has 0 aliphatic rings. The summed E-state index contributed by atoms with van der Waals surface area (Å²) in [7, 11) is 0. The van der Waals surface area contributed by atoms with Crippen LogP contribution in [0.4, 0.5) is 0 Å². The molecule has 0 fully saturated rings. The van der Waals surface area contributed by atoms with Gasteiger partial charge in [0.25, 0.3) is 0 Å². The Balaban J connectivity index is 2.15. The third-order valence-electron chi connectivity index (χ3n) is 1.09. The first-order valence-electron chi connectivity index (χ1n) is 3.14. The third-order valence-corrected chi connectivity index (χ3v) is 1.09. The zero-order valence-electron chi connectivity index (χ0n) is 5.58. The monoisotopic (exact) mass is 142 g/mol. The van der Waals surface area contributed by atoms with Gasteiger partial charge in [0.2, 0.25) is 0 Å². The second-order valence-electron chi connectivity index (χ2n) is 1.89. The molecule has 0 spiro atoms. The maximum atomic E-state index is 8.39. The van der Waals surface area contributed by atoms with E-state index in [1.54, 1.807) is 6.07 Å². The van der Waals surface area contributed by atoms with Crippen molar-refractivity contribution in [3.63, 3.8) is 0 Å². The Morgan fingerprint density at radius 3 is 3.20 bits per heavy atom. The highest BCUT2D eigenvalue weighted by molar-refractivity contribution is 4.93. The molecule has 0 saturated carbocycles. The minimum absolute atomic E-state index is 0.151. The van der Waals surface area contributed by atoms with Crippen molar-refractivity contribution < 1.29 is 9.63 Å². The van der Waals surface area contributed by atoms with Crippen molar-refractivity contribution in [1.82, 2.24) is 10.5 Å². The first-order chi connectivity index (χ1) is 4.93. The van der Waals surface area contributed by atoms with Crippen LogP contribution in [0.3, 0.4) is 0 Å². The van der Waals surface area contributed by atoms with E-state index in [2.05, 4.69) is 15.0 Å². The number of rotatable bonds is 4. The van der Waals surface area contributed by atoms with Gasteiger partial charge < -0.3 is 14.9 Å². The van der Waals surface area contributed by atoms with E-state index in [1.165, 1.54) is 6.26 Å². The van der Waals surface area contributed by atoms with Crippen molar-refractivity contribution in [3.8, 4) is 0 Å². The zero-order chi connectivity index (χ0) is 7.23. The molecule has 0 amide bonds. The number of hydrogen-bond acceptors (Lipinski definition) is 4. The highest BCUT2D eigenvalue weighted by Crippen LogP contribution is 1.91. The van der Waals surface area contributed by atoms with E-state index in [1.807, 2.05) is 0 Å². The molecule has 10 heavy (non-hydrogen) atoms. The van der Waals surface area contributed by atoms with Gasteiger partial charge in [-0.15, -0.1) is 0 Å². The highest BCUT2D eigenvalue weighted by Gasteiger charge is 1.92.